The second-order valence-corrected chi connectivity index (χ2v) is 6.28. The van der Waals surface area contributed by atoms with Crippen molar-refractivity contribution in [1.82, 2.24) is 10.6 Å². The lowest BCUT2D eigenvalue weighted by molar-refractivity contribution is -0.161. The highest BCUT2D eigenvalue weighted by Gasteiger charge is 2.40. The van der Waals surface area contributed by atoms with Crippen LogP contribution in [0.15, 0.2) is 30.3 Å². The minimum Gasteiger partial charge on any atom is -0.347 e. The van der Waals surface area contributed by atoms with Gasteiger partial charge in [0.25, 0.3) is 0 Å². The molecule has 1 atom stereocenters. The Balaban J connectivity index is 2.64. The van der Waals surface area contributed by atoms with Crippen molar-refractivity contribution in [1.29, 1.82) is 0 Å². The second kappa shape index (κ2) is 7.48. The highest BCUT2D eigenvalue weighted by molar-refractivity contribution is 5.87. The van der Waals surface area contributed by atoms with Crippen LogP contribution in [-0.4, -0.2) is 30.6 Å². The Morgan fingerprint density at radius 2 is 1.65 bits per heavy atom. The molecular formula is C16H21F3N2O2. The summed E-state index contributed by atoms with van der Waals surface area (Å²) in [6.45, 7) is 4.45. The average molecular weight is 330 g/mol. The van der Waals surface area contributed by atoms with E-state index in [0.717, 1.165) is 0 Å². The largest absolute Gasteiger partial charge is 0.408 e. The van der Waals surface area contributed by atoms with Crippen LogP contribution in [0, 0.1) is 5.41 Å². The molecule has 2 amide bonds. The van der Waals surface area contributed by atoms with Gasteiger partial charge in [-0.1, -0.05) is 51.1 Å². The fourth-order valence-electron chi connectivity index (χ4n) is 1.77. The van der Waals surface area contributed by atoms with Gasteiger partial charge in [0.1, 0.15) is 6.04 Å². The van der Waals surface area contributed by atoms with E-state index in [2.05, 4.69) is 5.32 Å². The summed E-state index contributed by atoms with van der Waals surface area (Å²) in [5.41, 5.74) is -0.248. The third-order valence-corrected chi connectivity index (χ3v) is 3.10. The zero-order chi connectivity index (χ0) is 17.7. The van der Waals surface area contributed by atoms with Crippen LogP contribution in [0.1, 0.15) is 26.3 Å². The van der Waals surface area contributed by atoms with Crippen molar-refractivity contribution in [2.45, 2.75) is 39.4 Å². The van der Waals surface area contributed by atoms with Crippen molar-refractivity contribution in [2.24, 2.45) is 5.41 Å². The number of nitrogens with one attached hydrogen (secondary N) is 2. The molecule has 0 aliphatic heterocycles. The van der Waals surface area contributed by atoms with E-state index in [1.54, 1.807) is 51.1 Å². The monoisotopic (exact) mass is 330 g/mol. The molecule has 2 N–H and O–H groups in total. The summed E-state index contributed by atoms with van der Waals surface area (Å²) in [7, 11) is 0. The topological polar surface area (TPSA) is 58.2 Å². The number of hydrogen-bond donors (Lipinski definition) is 2. The van der Waals surface area contributed by atoms with Crippen LogP contribution >= 0.6 is 0 Å². The van der Waals surface area contributed by atoms with Crippen molar-refractivity contribution in [3.63, 3.8) is 0 Å². The quantitative estimate of drug-likeness (QED) is 0.871. The SMILES string of the molecule is CC(C)(C)C(=O)NCC(=O)NC(Cc1ccccc1)C(F)(F)F. The Labute approximate surface area is 133 Å². The molecule has 0 saturated heterocycles. The molecule has 23 heavy (non-hydrogen) atoms. The number of amides is 2. The van der Waals surface area contributed by atoms with Crippen LogP contribution in [0.5, 0.6) is 0 Å². The van der Waals surface area contributed by atoms with E-state index in [1.165, 1.54) is 0 Å². The summed E-state index contributed by atoms with van der Waals surface area (Å²) in [5, 5.41) is 4.26. The first-order chi connectivity index (χ1) is 10.5. The molecule has 4 nitrogen and oxygen atoms in total. The maximum atomic E-state index is 13.1. The summed E-state index contributed by atoms with van der Waals surface area (Å²) in [5.74, 6) is -1.28. The Bertz CT molecular complexity index is 536. The van der Waals surface area contributed by atoms with Crippen LogP contribution < -0.4 is 10.6 Å². The molecule has 1 unspecified atom stereocenters. The Hall–Kier alpha value is -2.05. The average Bonchev–Trinajstić information content (AvgIpc) is 2.43. The first-order valence-corrected chi connectivity index (χ1v) is 7.18. The lowest BCUT2D eigenvalue weighted by Gasteiger charge is -2.23. The predicted molar refractivity (Wildman–Crippen MR) is 80.6 cm³/mol. The third kappa shape index (κ3) is 6.71. The minimum atomic E-state index is -4.57. The zero-order valence-corrected chi connectivity index (χ0v) is 13.3. The summed E-state index contributed by atoms with van der Waals surface area (Å²) in [6.07, 6.45) is -4.93. The molecule has 0 saturated carbocycles. The minimum absolute atomic E-state index is 0.358. The molecule has 0 fully saturated rings. The van der Waals surface area contributed by atoms with E-state index in [4.69, 9.17) is 0 Å². The second-order valence-electron chi connectivity index (χ2n) is 6.28. The van der Waals surface area contributed by atoms with E-state index in [0.29, 0.717) is 5.56 Å². The van der Waals surface area contributed by atoms with Crippen molar-refractivity contribution in [3.05, 3.63) is 35.9 Å². The lowest BCUT2D eigenvalue weighted by atomic mass is 9.96. The fourth-order valence-corrected chi connectivity index (χ4v) is 1.77. The maximum absolute atomic E-state index is 13.1. The molecule has 0 aromatic heterocycles. The van der Waals surface area contributed by atoms with E-state index < -0.39 is 36.0 Å². The normalized spacial score (nSPS) is 13.3. The van der Waals surface area contributed by atoms with Gasteiger partial charge in [-0.2, -0.15) is 13.2 Å². The van der Waals surface area contributed by atoms with Gasteiger partial charge in [-0.3, -0.25) is 9.59 Å². The maximum Gasteiger partial charge on any atom is 0.408 e. The van der Waals surface area contributed by atoms with Crippen LogP contribution in [-0.2, 0) is 16.0 Å². The van der Waals surface area contributed by atoms with Gasteiger partial charge in [0.2, 0.25) is 11.8 Å². The van der Waals surface area contributed by atoms with Crippen LogP contribution in [0.2, 0.25) is 0 Å². The first-order valence-electron chi connectivity index (χ1n) is 7.18. The Kier molecular flexibility index (Phi) is 6.18. The number of carbonyl (C=O) groups excluding carboxylic acids is 2. The molecule has 0 aliphatic rings. The summed E-state index contributed by atoms with van der Waals surface area (Å²) in [6, 6.07) is 6.09. The molecule has 7 heteroatoms. The third-order valence-electron chi connectivity index (χ3n) is 3.10. The molecule has 128 valence electrons. The smallest absolute Gasteiger partial charge is 0.347 e. The molecule has 1 aromatic rings. The van der Waals surface area contributed by atoms with Crippen molar-refractivity contribution in [2.75, 3.05) is 6.54 Å². The van der Waals surface area contributed by atoms with Gasteiger partial charge < -0.3 is 10.6 Å². The number of benzene rings is 1. The lowest BCUT2D eigenvalue weighted by Crippen LogP contribution is -2.50. The Morgan fingerprint density at radius 1 is 1.09 bits per heavy atom. The van der Waals surface area contributed by atoms with Crippen LogP contribution in [0.25, 0.3) is 0 Å². The number of halogens is 3. The van der Waals surface area contributed by atoms with Crippen LogP contribution in [0.3, 0.4) is 0 Å². The zero-order valence-electron chi connectivity index (χ0n) is 13.3. The predicted octanol–water partition coefficient (Wildman–Crippen LogP) is 2.44. The van der Waals surface area contributed by atoms with Crippen molar-refractivity contribution < 1.29 is 22.8 Å². The van der Waals surface area contributed by atoms with E-state index in [1.807, 2.05) is 5.32 Å². The van der Waals surface area contributed by atoms with Gasteiger partial charge >= 0.3 is 6.18 Å². The highest BCUT2D eigenvalue weighted by Crippen LogP contribution is 2.23. The molecule has 1 aromatic carbocycles. The first kappa shape index (κ1) is 19.0. The van der Waals surface area contributed by atoms with Gasteiger partial charge in [-0.05, 0) is 5.56 Å². The Morgan fingerprint density at radius 3 is 2.13 bits per heavy atom. The number of rotatable bonds is 5. The van der Waals surface area contributed by atoms with Gasteiger partial charge in [0, 0.05) is 11.8 Å². The summed E-state index contributed by atoms with van der Waals surface area (Å²) < 4.78 is 39.2. The van der Waals surface area contributed by atoms with Gasteiger partial charge in [-0.15, -0.1) is 0 Å². The summed E-state index contributed by atoms with van der Waals surface area (Å²) >= 11 is 0. The molecule has 1 rings (SSSR count). The molecule has 0 aliphatic carbocycles. The summed E-state index contributed by atoms with van der Waals surface area (Å²) in [4.78, 5) is 23.3. The molecule has 0 heterocycles. The van der Waals surface area contributed by atoms with E-state index in [9.17, 15) is 22.8 Å². The van der Waals surface area contributed by atoms with E-state index >= 15 is 0 Å². The number of alkyl halides is 3. The molecule has 0 bridgehead atoms. The number of carbonyl (C=O) groups is 2. The highest BCUT2D eigenvalue weighted by atomic mass is 19.4. The van der Waals surface area contributed by atoms with Gasteiger partial charge in [-0.25, -0.2) is 0 Å². The standard InChI is InChI=1S/C16H21F3N2O2/c1-15(2,3)14(23)20-10-13(22)21-12(16(17,18)19)9-11-7-5-4-6-8-11/h4-8,12H,9-10H2,1-3H3,(H,20,23)(H,21,22). The van der Waals surface area contributed by atoms with Crippen LogP contribution in [0.4, 0.5) is 13.2 Å². The van der Waals surface area contributed by atoms with Gasteiger partial charge in [0.15, 0.2) is 0 Å². The van der Waals surface area contributed by atoms with Gasteiger partial charge in [0.05, 0.1) is 6.54 Å². The molecular weight excluding hydrogens is 309 g/mol. The number of hydrogen-bond acceptors (Lipinski definition) is 2. The van der Waals surface area contributed by atoms with Crippen molar-refractivity contribution >= 4 is 11.8 Å². The fraction of sp³-hybridized carbons (Fsp3) is 0.500. The molecule has 0 spiro atoms. The van der Waals surface area contributed by atoms with Crippen molar-refractivity contribution in [3.8, 4) is 0 Å². The van der Waals surface area contributed by atoms with E-state index in [-0.39, 0.29) is 6.42 Å². The molecule has 0 radical (unpaired) electrons.